The van der Waals surface area contributed by atoms with E-state index >= 15 is 0 Å². The van der Waals surface area contributed by atoms with Crippen molar-refractivity contribution < 1.29 is 21.6 Å². The van der Waals surface area contributed by atoms with Crippen molar-refractivity contribution in [2.24, 2.45) is 5.14 Å². The predicted molar refractivity (Wildman–Crippen MR) is 89.1 cm³/mol. The van der Waals surface area contributed by atoms with E-state index in [9.17, 15) is 21.6 Å². The molecule has 0 amide bonds. The van der Waals surface area contributed by atoms with Crippen LogP contribution in [-0.2, 0) is 16.2 Å². The molecule has 2 rings (SSSR count). The molecule has 0 unspecified atom stereocenters. The normalized spacial score (nSPS) is 11.8. The fraction of sp³-hybridized carbons (Fsp3) is 0.0714. The number of hydrogen-bond donors (Lipinski definition) is 3. The summed E-state index contributed by atoms with van der Waals surface area (Å²) in [5, 5.41) is 10.4. The topological polar surface area (TPSA) is 84.2 Å². The van der Waals surface area contributed by atoms with Crippen molar-refractivity contribution in [3.05, 3.63) is 54.1 Å². The maximum Gasteiger partial charge on any atom is 0.416 e. The van der Waals surface area contributed by atoms with Crippen molar-refractivity contribution >= 4 is 38.7 Å². The van der Waals surface area contributed by atoms with Gasteiger partial charge in [0, 0.05) is 11.4 Å². The molecular weight excluding hydrogens is 363 g/mol. The Hall–Kier alpha value is -2.17. The van der Waals surface area contributed by atoms with E-state index in [-0.39, 0.29) is 15.7 Å². The van der Waals surface area contributed by atoms with Gasteiger partial charge in [0.1, 0.15) is 0 Å². The number of halogens is 3. The molecule has 0 aromatic heterocycles. The molecule has 0 bridgehead atoms. The van der Waals surface area contributed by atoms with Gasteiger partial charge in [0.25, 0.3) is 0 Å². The van der Waals surface area contributed by atoms with Gasteiger partial charge in [-0.2, -0.15) is 13.2 Å². The second-order valence-electron chi connectivity index (χ2n) is 4.73. The zero-order chi connectivity index (χ0) is 18.0. The van der Waals surface area contributed by atoms with Gasteiger partial charge in [-0.1, -0.05) is 6.07 Å². The van der Waals surface area contributed by atoms with E-state index in [0.717, 1.165) is 12.1 Å². The quantitative estimate of drug-likeness (QED) is 0.718. The van der Waals surface area contributed by atoms with E-state index in [0.29, 0.717) is 5.69 Å². The van der Waals surface area contributed by atoms with Crippen molar-refractivity contribution in [2.45, 2.75) is 11.1 Å². The summed E-state index contributed by atoms with van der Waals surface area (Å²) in [6, 6.07) is 10.0. The Labute approximate surface area is 141 Å². The zero-order valence-electron chi connectivity index (χ0n) is 12.0. The number of hydrogen-bond acceptors (Lipinski definition) is 3. The number of nitrogens with two attached hydrogens (primary N) is 1. The van der Waals surface area contributed by atoms with Crippen LogP contribution in [0.5, 0.6) is 0 Å². The number of nitrogens with one attached hydrogen (secondary N) is 2. The largest absolute Gasteiger partial charge is 0.416 e. The molecule has 10 heteroatoms. The fourth-order valence-electron chi connectivity index (χ4n) is 1.79. The molecule has 0 aliphatic rings. The van der Waals surface area contributed by atoms with Crippen molar-refractivity contribution in [3.63, 3.8) is 0 Å². The fourth-order valence-corrected chi connectivity index (χ4v) is 2.55. The number of thiocarbonyl (C=S) groups is 1. The summed E-state index contributed by atoms with van der Waals surface area (Å²) in [5.74, 6) is 0. The maximum atomic E-state index is 12.7. The summed E-state index contributed by atoms with van der Waals surface area (Å²) in [4.78, 5) is -0.0650. The minimum atomic E-state index is -4.45. The van der Waals surface area contributed by atoms with E-state index < -0.39 is 21.8 Å². The molecule has 0 heterocycles. The average molecular weight is 375 g/mol. The molecule has 2 aromatic carbocycles. The van der Waals surface area contributed by atoms with Gasteiger partial charge in [0.05, 0.1) is 10.5 Å². The predicted octanol–water partition coefficient (Wildman–Crippen LogP) is 3.16. The third kappa shape index (κ3) is 4.91. The van der Waals surface area contributed by atoms with Crippen molar-refractivity contribution in [1.29, 1.82) is 0 Å². The third-order valence-corrected chi connectivity index (χ3v) is 4.02. The summed E-state index contributed by atoms with van der Waals surface area (Å²) >= 11 is 5.01. The van der Waals surface area contributed by atoms with E-state index in [1.165, 1.54) is 36.4 Å². The van der Waals surface area contributed by atoms with E-state index in [1.807, 2.05) is 0 Å². The first kappa shape index (κ1) is 18.2. The second kappa shape index (κ2) is 6.75. The molecule has 5 nitrogen and oxygen atoms in total. The Morgan fingerprint density at radius 1 is 1.00 bits per heavy atom. The van der Waals surface area contributed by atoms with Gasteiger partial charge in [-0.15, -0.1) is 0 Å². The SMILES string of the molecule is NS(=O)(=O)c1ccc(NC(=S)Nc2cccc(C(F)(F)F)c2)cc1. The first-order chi connectivity index (χ1) is 11.1. The van der Waals surface area contributed by atoms with Crippen LogP contribution < -0.4 is 15.8 Å². The van der Waals surface area contributed by atoms with Gasteiger partial charge in [-0.25, -0.2) is 13.6 Å². The van der Waals surface area contributed by atoms with Crippen LogP contribution in [0.4, 0.5) is 24.5 Å². The van der Waals surface area contributed by atoms with Crippen LogP contribution >= 0.6 is 12.2 Å². The molecule has 128 valence electrons. The molecule has 24 heavy (non-hydrogen) atoms. The van der Waals surface area contributed by atoms with Crippen LogP contribution in [0.3, 0.4) is 0 Å². The highest BCUT2D eigenvalue weighted by atomic mass is 32.2. The molecule has 0 atom stereocenters. The minimum Gasteiger partial charge on any atom is -0.332 e. The molecule has 2 aromatic rings. The van der Waals surface area contributed by atoms with Crippen LogP contribution in [0.25, 0.3) is 0 Å². The van der Waals surface area contributed by atoms with Crippen molar-refractivity contribution in [3.8, 4) is 0 Å². The lowest BCUT2D eigenvalue weighted by atomic mass is 10.2. The summed E-state index contributed by atoms with van der Waals surface area (Å²) < 4.78 is 60.2. The van der Waals surface area contributed by atoms with Gasteiger partial charge in [0.15, 0.2) is 5.11 Å². The summed E-state index contributed by atoms with van der Waals surface area (Å²) in [7, 11) is -3.80. The molecule has 0 aliphatic carbocycles. The Bertz CT molecular complexity index is 850. The van der Waals surface area contributed by atoms with Crippen LogP contribution in [0.15, 0.2) is 53.4 Å². The minimum absolute atomic E-state index is 0.0534. The first-order valence-electron chi connectivity index (χ1n) is 6.44. The smallest absolute Gasteiger partial charge is 0.332 e. The molecular formula is C14H12F3N3O2S2. The van der Waals surface area contributed by atoms with E-state index in [4.69, 9.17) is 17.4 Å². The van der Waals surface area contributed by atoms with Crippen molar-refractivity contribution in [1.82, 2.24) is 0 Å². The summed E-state index contributed by atoms with van der Waals surface area (Å²) in [6.07, 6.45) is -4.45. The van der Waals surface area contributed by atoms with Gasteiger partial charge >= 0.3 is 6.18 Å². The van der Waals surface area contributed by atoms with Gasteiger partial charge < -0.3 is 10.6 Å². The molecule has 0 aliphatic heterocycles. The zero-order valence-corrected chi connectivity index (χ0v) is 13.6. The number of primary sulfonamides is 1. The number of sulfonamides is 1. The van der Waals surface area contributed by atoms with Crippen LogP contribution in [0.1, 0.15) is 5.56 Å². The molecule has 0 saturated carbocycles. The average Bonchev–Trinajstić information content (AvgIpc) is 2.46. The van der Waals surface area contributed by atoms with Crippen LogP contribution in [-0.4, -0.2) is 13.5 Å². The van der Waals surface area contributed by atoms with Crippen LogP contribution in [0.2, 0.25) is 0 Å². The number of anilines is 2. The number of alkyl halides is 3. The Balaban J connectivity index is 2.06. The highest BCUT2D eigenvalue weighted by molar-refractivity contribution is 7.89. The summed E-state index contributed by atoms with van der Waals surface area (Å²) in [5.41, 5.74) is -0.178. The maximum absolute atomic E-state index is 12.7. The lowest BCUT2D eigenvalue weighted by molar-refractivity contribution is -0.137. The lowest BCUT2D eigenvalue weighted by Gasteiger charge is -2.13. The molecule has 0 spiro atoms. The summed E-state index contributed by atoms with van der Waals surface area (Å²) in [6.45, 7) is 0. The lowest BCUT2D eigenvalue weighted by Crippen LogP contribution is -2.19. The Kier molecular flexibility index (Phi) is 5.11. The molecule has 0 fully saturated rings. The van der Waals surface area contributed by atoms with E-state index in [1.54, 1.807) is 0 Å². The molecule has 0 radical (unpaired) electrons. The highest BCUT2D eigenvalue weighted by Crippen LogP contribution is 2.30. The third-order valence-electron chi connectivity index (χ3n) is 2.89. The number of rotatable bonds is 3. The standard InChI is InChI=1S/C14H12F3N3O2S2/c15-14(16,17)9-2-1-3-11(8-9)20-13(23)19-10-4-6-12(7-5-10)24(18,21)22/h1-8H,(H2,18,21,22)(H2,19,20,23). The second-order valence-corrected chi connectivity index (χ2v) is 6.70. The molecule has 0 saturated heterocycles. The first-order valence-corrected chi connectivity index (χ1v) is 8.39. The highest BCUT2D eigenvalue weighted by Gasteiger charge is 2.30. The Morgan fingerprint density at radius 3 is 2.12 bits per heavy atom. The Morgan fingerprint density at radius 2 is 1.58 bits per heavy atom. The van der Waals surface area contributed by atoms with Gasteiger partial charge in [-0.3, -0.25) is 0 Å². The van der Waals surface area contributed by atoms with Gasteiger partial charge in [0.2, 0.25) is 10.0 Å². The van der Waals surface area contributed by atoms with Gasteiger partial charge in [-0.05, 0) is 54.7 Å². The van der Waals surface area contributed by atoms with Crippen LogP contribution in [0, 0.1) is 0 Å². The monoisotopic (exact) mass is 375 g/mol. The van der Waals surface area contributed by atoms with Crippen molar-refractivity contribution in [2.75, 3.05) is 10.6 Å². The van der Waals surface area contributed by atoms with E-state index in [2.05, 4.69) is 10.6 Å². The number of benzene rings is 2. The molecule has 4 N–H and O–H groups in total.